The van der Waals surface area contributed by atoms with Gasteiger partial charge < -0.3 is 4.98 Å². The van der Waals surface area contributed by atoms with Crippen LogP contribution in [-0.4, -0.2) is 4.98 Å². The molecule has 0 amide bonds. The highest BCUT2D eigenvalue weighted by Gasteiger charge is 2.16. The van der Waals surface area contributed by atoms with Gasteiger partial charge in [-0.15, -0.1) is 0 Å². The second kappa shape index (κ2) is 4.13. The maximum atomic E-state index is 13.7. The van der Waals surface area contributed by atoms with Crippen molar-refractivity contribution in [2.75, 3.05) is 0 Å². The van der Waals surface area contributed by atoms with Gasteiger partial charge in [0.2, 0.25) is 0 Å². The lowest BCUT2D eigenvalue weighted by atomic mass is 9.97. The van der Waals surface area contributed by atoms with Gasteiger partial charge in [-0.05, 0) is 37.3 Å². The molecule has 0 unspecified atom stereocenters. The summed E-state index contributed by atoms with van der Waals surface area (Å²) >= 11 is 0. The van der Waals surface area contributed by atoms with Crippen LogP contribution in [0.5, 0.6) is 0 Å². The zero-order chi connectivity index (χ0) is 11.8. The van der Waals surface area contributed by atoms with Crippen molar-refractivity contribution < 1.29 is 8.78 Å². The number of H-pyrrole nitrogens is 1. The Morgan fingerprint density at radius 1 is 0.941 bits per heavy atom. The van der Waals surface area contributed by atoms with Crippen LogP contribution in [0.15, 0.2) is 12.1 Å². The third kappa shape index (κ3) is 1.84. The molecule has 1 aromatic carbocycles. The number of rotatable bonds is 0. The lowest BCUT2D eigenvalue weighted by Crippen LogP contribution is -1.97. The first-order valence-electron chi connectivity index (χ1n) is 6.24. The maximum Gasteiger partial charge on any atom is 0.150 e. The number of hydrogen-bond acceptors (Lipinski definition) is 0. The molecule has 2 aromatic rings. The lowest BCUT2D eigenvalue weighted by molar-refractivity contribution is 0.590. The molecule has 0 radical (unpaired) electrons. The van der Waals surface area contributed by atoms with Crippen LogP contribution in [-0.2, 0) is 12.8 Å². The number of benzene rings is 1. The Kier molecular flexibility index (Phi) is 2.61. The molecule has 0 spiro atoms. The monoisotopic (exact) mass is 235 g/mol. The first kappa shape index (κ1) is 10.8. The molecule has 1 nitrogen and oxygen atoms in total. The summed E-state index contributed by atoms with van der Waals surface area (Å²) in [7, 11) is 0. The fourth-order valence-electron chi connectivity index (χ4n) is 2.78. The Hall–Kier alpha value is -1.38. The Morgan fingerprint density at radius 2 is 1.71 bits per heavy atom. The van der Waals surface area contributed by atoms with E-state index < -0.39 is 11.6 Å². The van der Waals surface area contributed by atoms with Crippen molar-refractivity contribution in [2.45, 2.75) is 38.5 Å². The second-order valence-corrected chi connectivity index (χ2v) is 4.81. The van der Waals surface area contributed by atoms with Crippen molar-refractivity contribution in [3.8, 4) is 0 Å². The Morgan fingerprint density at radius 3 is 2.53 bits per heavy atom. The highest BCUT2D eigenvalue weighted by molar-refractivity contribution is 5.85. The SMILES string of the molecule is Fc1cc(F)c2[nH]c3c(c2c1)CCCCCC3. The maximum absolute atomic E-state index is 13.7. The van der Waals surface area contributed by atoms with Gasteiger partial charge in [-0.1, -0.05) is 12.8 Å². The Balaban J connectivity index is 2.22. The lowest BCUT2D eigenvalue weighted by Gasteiger charge is -2.09. The summed E-state index contributed by atoms with van der Waals surface area (Å²) in [6.07, 6.45) is 6.56. The zero-order valence-electron chi connectivity index (χ0n) is 9.65. The standard InChI is InChI=1S/C14H15F2N/c15-9-7-11-10-5-3-1-2-4-6-13(10)17-14(11)12(16)8-9/h7-8,17H,1-6H2. The summed E-state index contributed by atoms with van der Waals surface area (Å²) in [6, 6.07) is 2.40. The number of fused-ring (bicyclic) bond motifs is 3. The average molecular weight is 235 g/mol. The Labute approximate surface area is 98.8 Å². The molecule has 1 heterocycles. The molecular formula is C14H15F2N. The number of nitrogens with one attached hydrogen (secondary N) is 1. The smallest absolute Gasteiger partial charge is 0.150 e. The van der Waals surface area contributed by atoms with E-state index in [0.29, 0.717) is 5.52 Å². The molecule has 0 atom stereocenters. The van der Waals surface area contributed by atoms with Crippen LogP contribution < -0.4 is 0 Å². The summed E-state index contributed by atoms with van der Waals surface area (Å²) in [4.78, 5) is 3.14. The molecule has 90 valence electrons. The minimum atomic E-state index is -0.487. The topological polar surface area (TPSA) is 15.8 Å². The number of aryl methyl sites for hydroxylation is 2. The summed E-state index contributed by atoms with van der Waals surface area (Å²) in [6.45, 7) is 0. The average Bonchev–Trinajstić information content (AvgIpc) is 2.56. The van der Waals surface area contributed by atoms with Crippen molar-refractivity contribution in [3.05, 3.63) is 35.0 Å². The normalized spacial score (nSPS) is 16.6. The molecule has 1 aliphatic rings. The summed E-state index contributed by atoms with van der Waals surface area (Å²) in [5.41, 5.74) is 2.70. The van der Waals surface area contributed by atoms with Crippen LogP contribution in [0.3, 0.4) is 0 Å². The molecule has 1 aliphatic carbocycles. The van der Waals surface area contributed by atoms with Gasteiger partial charge in [0.15, 0.2) is 0 Å². The van der Waals surface area contributed by atoms with Gasteiger partial charge in [0, 0.05) is 17.1 Å². The highest BCUT2D eigenvalue weighted by Crippen LogP contribution is 2.29. The van der Waals surface area contributed by atoms with Crippen LogP contribution in [0.2, 0.25) is 0 Å². The van der Waals surface area contributed by atoms with E-state index >= 15 is 0 Å². The Bertz CT molecular complexity index is 557. The third-order valence-electron chi connectivity index (χ3n) is 3.62. The first-order chi connectivity index (χ1) is 8.25. The largest absolute Gasteiger partial charge is 0.356 e. The minimum absolute atomic E-state index is 0.471. The highest BCUT2D eigenvalue weighted by atomic mass is 19.1. The van der Waals surface area contributed by atoms with E-state index in [9.17, 15) is 8.78 Å². The molecule has 0 saturated heterocycles. The first-order valence-corrected chi connectivity index (χ1v) is 6.24. The van der Waals surface area contributed by atoms with E-state index in [1.165, 1.54) is 18.9 Å². The molecule has 0 aliphatic heterocycles. The van der Waals surface area contributed by atoms with Gasteiger partial charge in [-0.2, -0.15) is 0 Å². The van der Waals surface area contributed by atoms with E-state index in [2.05, 4.69) is 4.98 Å². The van der Waals surface area contributed by atoms with Crippen molar-refractivity contribution in [1.82, 2.24) is 4.98 Å². The van der Waals surface area contributed by atoms with Gasteiger partial charge >= 0.3 is 0 Å². The summed E-state index contributed by atoms with van der Waals surface area (Å²) < 4.78 is 26.9. The molecule has 3 rings (SSSR count). The molecule has 0 fully saturated rings. The van der Waals surface area contributed by atoms with E-state index in [4.69, 9.17) is 0 Å². The van der Waals surface area contributed by atoms with E-state index in [1.54, 1.807) is 0 Å². The molecule has 1 aromatic heterocycles. The van der Waals surface area contributed by atoms with Crippen molar-refractivity contribution in [3.63, 3.8) is 0 Å². The van der Waals surface area contributed by atoms with Crippen LogP contribution in [0.25, 0.3) is 10.9 Å². The predicted molar refractivity (Wildman–Crippen MR) is 64.1 cm³/mol. The number of aromatic amines is 1. The molecule has 17 heavy (non-hydrogen) atoms. The van der Waals surface area contributed by atoms with Crippen LogP contribution in [0.4, 0.5) is 8.78 Å². The van der Waals surface area contributed by atoms with Gasteiger partial charge in [-0.25, -0.2) is 8.78 Å². The third-order valence-corrected chi connectivity index (χ3v) is 3.62. The number of aromatic nitrogens is 1. The second-order valence-electron chi connectivity index (χ2n) is 4.81. The van der Waals surface area contributed by atoms with Crippen molar-refractivity contribution in [2.24, 2.45) is 0 Å². The van der Waals surface area contributed by atoms with Crippen molar-refractivity contribution in [1.29, 1.82) is 0 Å². The van der Waals surface area contributed by atoms with E-state index in [1.807, 2.05) is 0 Å². The van der Waals surface area contributed by atoms with E-state index in [0.717, 1.165) is 48.4 Å². The molecule has 3 heteroatoms. The van der Waals surface area contributed by atoms with Crippen LogP contribution in [0, 0.1) is 11.6 Å². The number of halogens is 2. The molecular weight excluding hydrogens is 220 g/mol. The minimum Gasteiger partial charge on any atom is -0.356 e. The van der Waals surface area contributed by atoms with Gasteiger partial charge in [0.05, 0.1) is 5.52 Å². The quantitative estimate of drug-likeness (QED) is 0.707. The zero-order valence-corrected chi connectivity index (χ0v) is 9.65. The van der Waals surface area contributed by atoms with Gasteiger partial charge in [-0.3, -0.25) is 0 Å². The van der Waals surface area contributed by atoms with Crippen LogP contribution >= 0.6 is 0 Å². The predicted octanol–water partition coefficient (Wildman–Crippen LogP) is 4.11. The fourth-order valence-corrected chi connectivity index (χ4v) is 2.78. The molecule has 1 N–H and O–H groups in total. The number of hydrogen-bond donors (Lipinski definition) is 1. The van der Waals surface area contributed by atoms with Gasteiger partial charge in [0.1, 0.15) is 11.6 Å². The van der Waals surface area contributed by atoms with E-state index in [-0.39, 0.29) is 0 Å². The van der Waals surface area contributed by atoms with Crippen LogP contribution in [0.1, 0.15) is 36.9 Å². The fraction of sp³-hybridized carbons (Fsp3) is 0.429. The summed E-state index contributed by atoms with van der Waals surface area (Å²) in [5.74, 6) is -0.967. The molecule has 0 saturated carbocycles. The summed E-state index contributed by atoms with van der Waals surface area (Å²) in [5, 5.41) is 0.736. The van der Waals surface area contributed by atoms with Gasteiger partial charge in [0.25, 0.3) is 0 Å². The van der Waals surface area contributed by atoms with Crippen molar-refractivity contribution >= 4 is 10.9 Å². The molecule has 0 bridgehead atoms.